The lowest BCUT2D eigenvalue weighted by Crippen LogP contribution is -2.48. The van der Waals surface area contributed by atoms with Gasteiger partial charge in [-0.1, -0.05) is 70.6 Å². The zero-order valence-corrected chi connectivity index (χ0v) is 23.7. The van der Waals surface area contributed by atoms with E-state index in [0.717, 1.165) is 68.1 Å². The van der Waals surface area contributed by atoms with Crippen LogP contribution in [0.25, 0.3) is 0 Å². The summed E-state index contributed by atoms with van der Waals surface area (Å²) in [5.41, 5.74) is 2.22. The first-order valence-electron chi connectivity index (χ1n) is 13.6. The van der Waals surface area contributed by atoms with Gasteiger partial charge in [-0.15, -0.1) is 0 Å². The minimum atomic E-state index is -0.759. The van der Waals surface area contributed by atoms with Crippen molar-refractivity contribution in [3.8, 4) is 0 Å². The maximum absolute atomic E-state index is 13.6. The summed E-state index contributed by atoms with van der Waals surface area (Å²) in [6.07, 6.45) is 7.49. The number of benzene rings is 1. The number of rotatable bonds is 15. The number of amides is 3. The number of nitrogens with one attached hydrogen (secondary N) is 2. The first-order chi connectivity index (χ1) is 17.0. The highest BCUT2D eigenvalue weighted by atomic mass is 16.6. The summed E-state index contributed by atoms with van der Waals surface area (Å²) < 4.78 is 5.30. The fourth-order valence-electron chi connectivity index (χ4n) is 4.05. The second kappa shape index (κ2) is 16.2. The molecule has 0 radical (unpaired) electrons. The Morgan fingerprint density at radius 3 is 2.19 bits per heavy atom. The van der Waals surface area contributed by atoms with Crippen molar-refractivity contribution in [1.82, 2.24) is 15.5 Å². The predicted molar refractivity (Wildman–Crippen MR) is 146 cm³/mol. The summed E-state index contributed by atoms with van der Waals surface area (Å²) in [7, 11) is 0. The van der Waals surface area contributed by atoms with Crippen LogP contribution in [0.2, 0.25) is 0 Å². The molecule has 1 unspecified atom stereocenters. The van der Waals surface area contributed by atoms with Crippen LogP contribution in [0.1, 0.15) is 109 Å². The lowest BCUT2D eigenvalue weighted by atomic mass is 9.95. The minimum absolute atomic E-state index is 0.182. The molecule has 7 heteroatoms. The summed E-state index contributed by atoms with van der Waals surface area (Å²) in [5.74, 6) is -0.482. The molecule has 0 saturated carbocycles. The van der Waals surface area contributed by atoms with Crippen LogP contribution >= 0.6 is 0 Å². The van der Waals surface area contributed by atoms with Gasteiger partial charge in [0, 0.05) is 13.1 Å². The van der Waals surface area contributed by atoms with E-state index in [-0.39, 0.29) is 18.4 Å². The molecular formula is C29H49N3O4. The van der Waals surface area contributed by atoms with Crippen molar-refractivity contribution < 1.29 is 19.1 Å². The average Bonchev–Trinajstić information content (AvgIpc) is 2.80. The normalized spacial score (nSPS) is 12.1. The Labute approximate surface area is 218 Å². The molecule has 1 atom stereocenters. The van der Waals surface area contributed by atoms with Gasteiger partial charge in [0.05, 0.1) is 0 Å². The molecule has 0 aromatic heterocycles. The second-order valence-corrected chi connectivity index (χ2v) is 10.5. The lowest BCUT2D eigenvalue weighted by Gasteiger charge is -2.33. The SMILES string of the molecule is CCCCCCCN(C(=O)CNC(=O)OC(C)(C)C)C(C(=O)NCCCCC)c1cccc(C)c1C. The third kappa shape index (κ3) is 11.4. The van der Waals surface area contributed by atoms with Crippen molar-refractivity contribution in [2.75, 3.05) is 19.6 Å². The lowest BCUT2D eigenvalue weighted by molar-refractivity contribution is -0.140. The summed E-state index contributed by atoms with van der Waals surface area (Å²) >= 11 is 0. The number of unbranched alkanes of at least 4 members (excludes halogenated alkanes) is 6. The molecule has 0 spiro atoms. The third-order valence-corrected chi connectivity index (χ3v) is 6.19. The first-order valence-corrected chi connectivity index (χ1v) is 13.6. The van der Waals surface area contributed by atoms with Crippen LogP contribution in [0.15, 0.2) is 18.2 Å². The molecule has 1 rings (SSSR count). The van der Waals surface area contributed by atoms with Gasteiger partial charge in [-0.05, 0) is 64.2 Å². The summed E-state index contributed by atoms with van der Waals surface area (Å²) in [6.45, 7) is 14.4. The maximum Gasteiger partial charge on any atom is 0.408 e. The molecule has 0 heterocycles. The molecular weight excluding hydrogens is 454 g/mol. The highest BCUT2D eigenvalue weighted by Crippen LogP contribution is 2.27. The summed E-state index contributed by atoms with van der Waals surface area (Å²) in [6, 6.07) is 5.11. The standard InChI is InChI=1S/C29H49N3O4/c1-8-10-12-13-15-20-32(25(33)21-31-28(35)36-29(5,6)7)26(27(34)30-19-14-11-9-2)24-18-16-17-22(3)23(24)4/h16-18,26H,8-15,19-21H2,1-7H3,(H,30,34)(H,31,35). The van der Waals surface area contributed by atoms with E-state index in [1.54, 1.807) is 25.7 Å². The van der Waals surface area contributed by atoms with E-state index in [1.807, 2.05) is 32.0 Å². The van der Waals surface area contributed by atoms with Gasteiger partial charge in [0.15, 0.2) is 0 Å². The van der Waals surface area contributed by atoms with Gasteiger partial charge in [-0.3, -0.25) is 9.59 Å². The highest BCUT2D eigenvalue weighted by molar-refractivity contribution is 5.90. The maximum atomic E-state index is 13.6. The van der Waals surface area contributed by atoms with E-state index in [9.17, 15) is 14.4 Å². The molecule has 7 nitrogen and oxygen atoms in total. The molecule has 36 heavy (non-hydrogen) atoms. The molecule has 0 fully saturated rings. The Morgan fingerprint density at radius 1 is 0.917 bits per heavy atom. The number of alkyl carbamates (subject to hydrolysis) is 1. The van der Waals surface area contributed by atoms with Crippen molar-refractivity contribution in [1.29, 1.82) is 0 Å². The zero-order chi connectivity index (χ0) is 27.1. The van der Waals surface area contributed by atoms with Gasteiger partial charge in [0.2, 0.25) is 11.8 Å². The molecule has 0 aliphatic rings. The quantitative estimate of drug-likeness (QED) is 0.288. The second-order valence-electron chi connectivity index (χ2n) is 10.5. The number of nitrogens with zero attached hydrogens (tertiary/aromatic N) is 1. The molecule has 204 valence electrons. The number of carbonyl (C=O) groups excluding carboxylic acids is 3. The molecule has 2 N–H and O–H groups in total. The molecule has 0 saturated heterocycles. The molecule has 0 bridgehead atoms. The monoisotopic (exact) mass is 503 g/mol. The Morgan fingerprint density at radius 2 is 1.56 bits per heavy atom. The smallest absolute Gasteiger partial charge is 0.408 e. The van der Waals surface area contributed by atoms with E-state index < -0.39 is 17.7 Å². The van der Waals surface area contributed by atoms with Crippen molar-refractivity contribution in [3.05, 3.63) is 34.9 Å². The van der Waals surface area contributed by atoms with Crippen molar-refractivity contribution in [2.45, 2.75) is 111 Å². The fraction of sp³-hybridized carbons (Fsp3) is 0.690. The van der Waals surface area contributed by atoms with Gasteiger partial charge in [0.1, 0.15) is 18.2 Å². The zero-order valence-electron chi connectivity index (χ0n) is 23.7. The van der Waals surface area contributed by atoms with Crippen molar-refractivity contribution in [2.24, 2.45) is 0 Å². The number of hydrogen-bond donors (Lipinski definition) is 2. The van der Waals surface area contributed by atoms with Crippen molar-refractivity contribution in [3.63, 3.8) is 0 Å². The Kier molecular flexibility index (Phi) is 14.2. The summed E-state index contributed by atoms with van der Waals surface area (Å²) in [4.78, 5) is 40.9. The fourth-order valence-corrected chi connectivity index (χ4v) is 4.05. The van der Waals surface area contributed by atoms with E-state index in [4.69, 9.17) is 4.74 Å². The number of aryl methyl sites for hydroxylation is 1. The van der Waals surface area contributed by atoms with Gasteiger partial charge >= 0.3 is 6.09 Å². The van der Waals surface area contributed by atoms with Crippen LogP contribution in [0.3, 0.4) is 0 Å². The van der Waals surface area contributed by atoms with Crippen molar-refractivity contribution >= 4 is 17.9 Å². The van der Waals surface area contributed by atoms with Crippen LogP contribution in [-0.2, 0) is 14.3 Å². The largest absolute Gasteiger partial charge is 0.444 e. The predicted octanol–water partition coefficient (Wildman–Crippen LogP) is 5.97. The average molecular weight is 504 g/mol. The van der Waals surface area contributed by atoms with Gasteiger partial charge in [-0.2, -0.15) is 0 Å². The number of ether oxygens (including phenoxy) is 1. The Hall–Kier alpha value is -2.57. The number of hydrogen-bond acceptors (Lipinski definition) is 4. The topological polar surface area (TPSA) is 87.7 Å². The van der Waals surface area contributed by atoms with E-state index >= 15 is 0 Å². The first kappa shape index (κ1) is 31.5. The van der Waals surface area contributed by atoms with Gasteiger partial charge in [-0.25, -0.2) is 4.79 Å². The molecule has 3 amide bonds. The van der Waals surface area contributed by atoms with Gasteiger partial charge in [0.25, 0.3) is 0 Å². The third-order valence-electron chi connectivity index (χ3n) is 6.19. The minimum Gasteiger partial charge on any atom is -0.444 e. The molecule has 1 aromatic rings. The van der Waals surface area contributed by atoms with Crippen LogP contribution in [-0.4, -0.2) is 48.0 Å². The number of carbonyl (C=O) groups is 3. The molecule has 0 aliphatic heterocycles. The highest BCUT2D eigenvalue weighted by Gasteiger charge is 2.32. The van der Waals surface area contributed by atoms with Crippen LogP contribution < -0.4 is 10.6 Å². The van der Waals surface area contributed by atoms with E-state index in [0.29, 0.717) is 13.1 Å². The van der Waals surface area contributed by atoms with E-state index in [1.165, 1.54) is 0 Å². The van der Waals surface area contributed by atoms with E-state index in [2.05, 4.69) is 24.5 Å². The van der Waals surface area contributed by atoms with Gasteiger partial charge < -0.3 is 20.3 Å². The Balaban J connectivity index is 3.21. The van der Waals surface area contributed by atoms with Crippen LogP contribution in [0.5, 0.6) is 0 Å². The molecule has 1 aromatic carbocycles. The molecule has 0 aliphatic carbocycles. The summed E-state index contributed by atoms with van der Waals surface area (Å²) in [5, 5.41) is 5.64. The van der Waals surface area contributed by atoms with Crippen LogP contribution in [0, 0.1) is 13.8 Å². The van der Waals surface area contributed by atoms with Crippen LogP contribution in [0.4, 0.5) is 4.79 Å². The Bertz CT molecular complexity index is 832.